The lowest BCUT2D eigenvalue weighted by molar-refractivity contribution is -0.138. The molecule has 1 saturated carbocycles. The summed E-state index contributed by atoms with van der Waals surface area (Å²) >= 11 is 0. The lowest BCUT2D eigenvalue weighted by Gasteiger charge is -2.42. The zero-order chi connectivity index (χ0) is 28.8. The Morgan fingerprint density at radius 1 is 1.17 bits per heavy atom. The zero-order valence-electron chi connectivity index (χ0n) is 24.5. The summed E-state index contributed by atoms with van der Waals surface area (Å²) in [5.41, 5.74) is 2.55. The number of hydrogen-bond acceptors (Lipinski definition) is 6. The van der Waals surface area contributed by atoms with Gasteiger partial charge in [-0.15, -0.1) is 0 Å². The Hall–Kier alpha value is -3.65. The van der Waals surface area contributed by atoms with E-state index in [2.05, 4.69) is 46.9 Å². The molecule has 3 aromatic rings. The van der Waals surface area contributed by atoms with E-state index in [0.29, 0.717) is 18.9 Å². The number of nitrogens with zero attached hydrogens (tertiary/aromatic N) is 2. The van der Waals surface area contributed by atoms with Crippen LogP contribution in [0.15, 0.2) is 60.8 Å². The Kier molecular flexibility index (Phi) is 9.08. The zero-order valence-corrected chi connectivity index (χ0v) is 24.5. The van der Waals surface area contributed by atoms with Gasteiger partial charge in [-0.3, -0.25) is 19.9 Å². The number of rotatable bonds is 11. The second-order valence-electron chi connectivity index (χ2n) is 11.8. The minimum Gasteiger partial charge on any atom is -0.497 e. The van der Waals surface area contributed by atoms with Crippen molar-refractivity contribution in [1.82, 2.24) is 20.5 Å². The third-order valence-electron chi connectivity index (χ3n) is 8.66. The highest BCUT2D eigenvalue weighted by Gasteiger charge is 2.51. The number of hydrogen-bond donors (Lipinski definition) is 3. The fourth-order valence-corrected chi connectivity index (χ4v) is 6.30. The van der Waals surface area contributed by atoms with Crippen molar-refractivity contribution in [2.24, 2.45) is 5.92 Å². The van der Waals surface area contributed by atoms with Gasteiger partial charge in [0.05, 0.1) is 30.0 Å². The summed E-state index contributed by atoms with van der Waals surface area (Å²) in [6.45, 7) is 5.06. The van der Waals surface area contributed by atoms with Gasteiger partial charge in [-0.25, -0.2) is 0 Å². The summed E-state index contributed by atoms with van der Waals surface area (Å²) in [6, 6.07) is 17.9. The van der Waals surface area contributed by atoms with Crippen molar-refractivity contribution in [2.45, 2.75) is 76.5 Å². The third-order valence-corrected chi connectivity index (χ3v) is 8.66. The van der Waals surface area contributed by atoms with Crippen LogP contribution in [0.2, 0.25) is 0 Å². The van der Waals surface area contributed by atoms with E-state index in [0.717, 1.165) is 66.4 Å². The minimum absolute atomic E-state index is 0.0375. The largest absolute Gasteiger partial charge is 0.497 e. The van der Waals surface area contributed by atoms with Crippen LogP contribution in [0.25, 0.3) is 10.9 Å². The molecular formula is C33H43N5O3. The van der Waals surface area contributed by atoms with Gasteiger partial charge in [-0.05, 0) is 75.5 Å². The van der Waals surface area contributed by atoms with Crippen molar-refractivity contribution in [1.29, 1.82) is 0 Å². The molecule has 1 aliphatic heterocycles. The summed E-state index contributed by atoms with van der Waals surface area (Å²) < 4.78 is 5.47. The Balaban J connectivity index is 1.14. The second-order valence-corrected chi connectivity index (χ2v) is 11.8. The Morgan fingerprint density at radius 3 is 2.71 bits per heavy atom. The van der Waals surface area contributed by atoms with Crippen molar-refractivity contribution in [2.75, 3.05) is 25.5 Å². The number of aromatic nitrogens is 1. The first-order chi connectivity index (χ1) is 19.9. The number of amides is 2. The van der Waals surface area contributed by atoms with Gasteiger partial charge < -0.3 is 20.3 Å². The monoisotopic (exact) mass is 557 g/mol. The number of ether oxygens (including phenoxy) is 1. The number of nitrogens with one attached hydrogen (secondary N) is 3. The average molecular weight is 558 g/mol. The molecule has 2 atom stereocenters. The van der Waals surface area contributed by atoms with E-state index in [9.17, 15) is 9.59 Å². The molecule has 1 aromatic heterocycles. The highest BCUT2D eigenvalue weighted by molar-refractivity contribution is 5.92. The Morgan fingerprint density at radius 2 is 1.95 bits per heavy atom. The standard InChI is InChI=1S/C33H43N5O3/c1-23-13-15-33(16-14-23)37-29(19-25-10-5-4-6-11-25)32(40)38(33)22-30(39)34-17-7-9-24(2)36-28-21-27(41-3)20-26-12-8-18-35-31(26)28/h4-6,8,10-12,18,20-21,23-24,29,36-37H,7,9,13-17,19,22H2,1-3H3,(H,34,39)/t23?,24?,29-,33?/m0/s1. The molecule has 8 nitrogen and oxygen atoms in total. The Bertz CT molecular complexity index is 1340. The first-order valence-electron chi connectivity index (χ1n) is 15.0. The Labute approximate surface area is 243 Å². The fourth-order valence-electron chi connectivity index (χ4n) is 6.30. The maximum atomic E-state index is 13.6. The van der Waals surface area contributed by atoms with Crippen molar-refractivity contribution in [3.8, 4) is 5.75 Å². The van der Waals surface area contributed by atoms with E-state index < -0.39 is 5.66 Å². The van der Waals surface area contributed by atoms with E-state index in [1.54, 1.807) is 13.3 Å². The molecule has 1 aliphatic carbocycles. The molecule has 2 aromatic carbocycles. The predicted molar refractivity (Wildman–Crippen MR) is 163 cm³/mol. The highest BCUT2D eigenvalue weighted by Crippen LogP contribution is 2.39. The smallest absolute Gasteiger partial charge is 0.242 e. The molecule has 0 radical (unpaired) electrons. The topological polar surface area (TPSA) is 95.6 Å². The molecule has 5 rings (SSSR count). The molecule has 1 spiro atoms. The van der Waals surface area contributed by atoms with E-state index in [1.807, 2.05) is 47.4 Å². The van der Waals surface area contributed by atoms with Crippen LogP contribution >= 0.6 is 0 Å². The summed E-state index contributed by atoms with van der Waals surface area (Å²) in [5, 5.41) is 11.3. The SMILES string of the molecule is COc1cc(NC(C)CCCNC(=O)CN2C(=O)[C@H](Cc3ccccc3)NC23CCC(C)CC3)c2ncccc2c1. The molecule has 3 N–H and O–H groups in total. The maximum Gasteiger partial charge on any atom is 0.242 e. The third kappa shape index (κ3) is 6.81. The molecular weight excluding hydrogens is 514 g/mol. The summed E-state index contributed by atoms with van der Waals surface area (Å²) in [7, 11) is 1.67. The van der Waals surface area contributed by atoms with Gasteiger partial charge in [0.1, 0.15) is 12.3 Å². The molecule has 8 heteroatoms. The van der Waals surface area contributed by atoms with E-state index >= 15 is 0 Å². The first kappa shape index (κ1) is 28.9. The molecule has 0 bridgehead atoms. The summed E-state index contributed by atoms with van der Waals surface area (Å²) in [5.74, 6) is 1.37. The number of benzene rings is 2. The van der Waals surface area contributed by atoms with Crippen LogP contribution in [0.1, 0.15) is 57.9 Å². The molecule has 2 fully saturated rings. The van der Waals surface area contributed by atoms with Crippen LogP contribution in [0.4, 0.5) is 5.69 Å². The fraction of sp³-hybridized carbons (Fsp3) is 0.485. The molecule has 2 aliphatic rings. The normalized spacial score (nSPS) is 23.1. The quantitative estimate of drug-likeness (QED) is 0.291. The van der Waals surface area contributed by atoms with Gasteiger partial charge in [0.2, 0.25) is 11.8 Å². The molecule has 1 unspecified atom stereocenters. The number of carbonyl (C=O) groups is 2. The van der Waals surface area contributed by atoms with Crippen LogP contribution in [0.5, 0.6) is 5.75 Å². The molecule has 1 saturated heterocycles. The van der Waals surface area contributed by atoms with E-state index in [-0.39, 0.29) is 30.4 Å². The van der Waals surface area contributed by atoms with Gasteiger partial charge in [0.25, 0.3) is 0 Å². The van der Waals surface area contributed by atoms with Gasteiger partial charge in [0.15, 0.2) is 0 Å². The van der Waals surface area contributed by atoms with Crippen LogP contribution < -0.4 is 20.7 Å². The summed E-state index contributed by atoms with van der Waals surface area (Å²) in [6.07, 6.45) is 8.00. The number of fused-ring (bicyclic) bond motifs is 1. The van der Waals surface area contributed by atoms with Crippen LogP contribution in [-0.2, 0) is 16.0 Å². The van der Waals surface area contributed by atoms with E-state index in [1.165, 1.54) is 0 Å². The predicted octanol–water partition coefficient (Wildman–Crippen LogP) is 4.89. The molecule has 2 heterocycles. The van der Waals surface area contributed by atoms with E-state index in [4.69, 9.17) is 4.74 Å². The number of carbonyl (C=O) groups excluding carboxylic acids is 2. The van der Waals surface area contributed by atoms with Crippen molar-refractivity contribution < 1.29 is 14.3 Å². The second kappa shape index (κ2) is 12.9. The number of methoxy groups -OCH3 is 1. The number of pyridine rings is 1. The van der Waals surface area contributed by atoms with Crippen molar-refractivity contribution >= 4 is 28.4 Å². The molecule has 218 valence electrons. The first-order valence-corrected chi connectivity index (χ1v) is 15.0. The van der Waals surface area contributed by atoms with Gasteiger partial charge in [-0.2, -0.15) is 0 Å². The van der Waals surface area contributed by atoms with Crippen molar-refractivity contribution in [3.05, 3.63) is 66.4 Å². The van der Waals surface area contributed by atoms with Crippen molar-refractivity contribution in [3.63, 3.8) is 0 Å². The lowest BCUT2D eigenvalue weighted by Crippen LogP contribution is -2.56. The summed E-state index contributed by atoms with van der Waals surface area (Å²) in [4.78, 5) is 33.1. The van der Waals surface area contributed by atoms with Gasteiger partial charge in [0, 0.05) is 30.2 Å². The molecule has 2 amide bonds. The molecule has 41 heavy (non-hydrogen) atoms. The average Bonchev–Trinajstić information content (AvgIpc) is 3.22. The van der Waals surface area contributed by atoms with Crippen LogP contribution in [0, 0.1) is 5.92 Å². The number of anilines is 1. The minimum atomic E-state index is -0.424. The lowest BCUT2D eigenvalue weighted by atomic mass is 9.82. The van der Waals surface area contributed by atoms with Crippen LogP contribution in [0.3, 0.4) is 0 Å². The highest BCUT2D eigenvalue weighted by atomic mass is 16.5. The van der Waals surface area contributed by atoms with Crippen LogP contribution in [-0.4, -0.2) is 59.6 Å². The van der Waals surface area contributed by atoms with Gasteiger partial charge >= 0.3 is 0 Å². The van der Waals surface area contributed by atoms with Gasteiger partial charge in [-0.1, -0.05) is 43.3 Å². The maximum absolute atomic E-state index is 13.6.